The van der Waals surface area contributed by atoms with Crippen molar-refractivity contribution in [3.05, 3.63) is 57.8 Å². The number of nitrogens with zero attached hydrogens (tertiary/aromatic N) is 1. The zero-order valence-corrected chi connectivity index (χ0v) is 12.9. The minimum Gasteiger partial charge on any atom is -0.454 e. The summed E-state index contributed by atoms with van der Waals surface area (Å²) in [6.07, 6.45) is 0.779. The first-order valence-corrected chi connectivity index (χ1v) is 7.09. The molecular weight excluding hydrogens is 339 g/mol. The zero-order chi connectivity index (χ0) is 15.4. The maximum Gasteiger partial charge on any atom is 0.180 e. The van der Waals surface area contributed by atoms with Crippen LogP contribution in [-0.2, 0) is 6.42 Å². The van der Waals surface area contributed by atoms with E-state index >= 15 is 0 Å². The lowest BCUT2D eigenvalue weighted by Gasteiger charge is -2.12. The molecule has 0 unspecified atom stereocenters. The van der Waals surface area contributed by atoms with Gasteiger partial charge in [-0.2, -0.15) is 0 Å². The van der Waals surface area contributed by atoms with Crippen LogP contribution in [0.4, 0.5) is 4.39 Å². The quantitative estimate of drug-likeness (QED) is 0.377. The summed E-state index contributed by atoms with van der Waals surface area (Å²) >= 11 is 3.09. The summed E-state index contributed by atoms with van der Waals surface area (Å²) in [6.45, 7) is 2.00. The van der Waals surface area contributed by atoms with Crippen LogP contribution in [-0.4, -0.2) is 11.0 Å². The third-order valence-electron chi connectivity index (χ3n) is 3.00. The summed E-state index contributed by atoms with van der Waals surface area (Å²) < 4.78 is 20.0. The first-order chi connectivity index (χ1) is 10.1. The highest BCUT2D eigenvalue weighted by molar-refractivity contribution is 9.10. The Morgan fingerprint density at radius 1 is 1.29 bits per heavy atom. The number of nitrogens with two attached hydrogens (primary N) is 1. The average molecular weight is 353 g/mol. The van der Waals surface area contributed by atoms with E-state index in [0.717, 1.165) is 12.0 Å². The molecule has 0 saturated carbocycles. The van der Waals surface area contributed by atoms with Crippen molar-refractivity contribution >= 4 is 21.8 Å². The van der Waals surface area contributed by atoms with Crippen molar-refractivity contribution in [2.45, 2.75) is 13.3 Å². The highest BCUT2D eigenvalue weighted by Gasteiger charge is 2.16. The Morgan fingerprint density at radius 2 is 2.00 bits per heavy atom. The van der Waals surface area contributed by atoms with Crippen molar-refractivity contribution in [2.75, 3.05) is 0 Å². The molecule has 0 aliphatic carbocycles. The molecule has 0 fully saturated rings. The fourth-order valence-corrected chi connectivity index (χ4v) is 2.41. The minimum atomic E-state index is -0.606. The van der Waals surface area contributed by atoms with Crippen LogP contribution < -0.4 is 10.5 Å². The van der Waals surface area contributed by atoms with Crippen LogP contribution in [0.2, 0.25) is 0 Å². The van der Waals surface area contributed by atoms with Gasteiger partial charge in [-0.05, 0) is 46.1 Å². The second-order valence-corrected chi connectivity index (χ2v) is 5.08. The summed E-state index contributed by atoms with van der Waals surface area (Å²) in [5, 5.41) is 11.5. The van der Waals surface area contributed by atoms with E-state index in [1.165, 1.54) is 12.1 Å². The molecular formula is C15H14BrFN2O2. The zero-order valence-electron chi connectivity index (χ0n) is 11.3. The standard InChI is InChI=1S/C15H14BrFN2O2/c1-2-9-5-3-4-6-11(9)21-12-8-7-10(15(18)19-20)13(16)14(12)17/h3-8,20H,2H2,1H3,(H2,18,19). The van der Waals surface area contributed by atoms with Crippen LogP contribution in [0.1, 0.15) is 18.1 Å². The molecule has 0 amide bonds. The third-order valence-corrected chi connectivity index (χ3v) is 3.78. The molecule has 0 spiro atoms. The average Bonchev–Trinajstić information content (AvgIpc) is 2.51. The number of para-hydroxylation sites is 1. The second-order valence-electron chi connectivity index (χ2n) is 4.29. The lowest BCUT2D eigenvalue weighted by molar-refractivity contribution is 0.318. The predicted octanol–water partition coefficient (Wildman–Crippen LogP) is 4.04. The van der Waals surface area contributed by atoms with Crippen molar-refractivity contribution in [2.24, 2.45) is 10.9 Å². The molecule has 0 aliphatic rings. The predicted molar refractivity (Wildman–Crippen MR) is 82.5 cm³/mol. The van der Waals surface area contributed by atoms with E-state index in [-0.39, 0.29) is 21.6 Å². The van der Waals surface area contributed by atoms with Crippen molar-refractivity contribution in [3.63, 3.8) is 0 Å². The first kappa shape index (κ1) is 15.3. The number of amidine groups is 1. The maximum absolute atomic E-state index is 14.3. The van der Waals surface area contributed by atoms with Gasteiger partial charge in [0.15, 0.2) is 17.4 Å². The Hall–Kier alpha value is -2.08. The molecule has 2 rings (SSSR count). The molecule has 0 heterocycles. The minimum absolute atomic E-state index is 0.0669. The molecule has 0 aliphatic heterocycles. The van der Waals surface area contributed by atoms with Crippen molar-refractivity contribution in [3.8, 4) is 11.5 Å². The van der Waals surface area contributed by atoms with Gasteiger partial charge in [0.25, 0.3) is 0 Å². The molecule has 2 aromatic rings. The number of halogens is 2. The summed E-state index contributed by atoms with van der Waals surface area (Å²) in [5.41, 5.74) is 6.71. The maximum atomic E-state index is 14.3. The Kier molecular flexibility index (Phi) is 4.80. The normalized spacial score (nSPS) is 11.5. The molecule has 0 bridgehead atoms. The number of hydrogen-bond donors (Lipinski definition) is 2. The van der Waals surface area contributed by atoms with Crippen LogP contribution in [0.3, 0.4) is 0 Å². The Morgan fingerprint density at radius 3 is 2.67 bits per heavy atom. The lowest BCUT2D eigenvalue weighted by atomic mass is 10.1. The molecule has 3 N–H and O–H groups in total. The van der Waals surface area contributed by atoms with Gasteiger partial charge >= 0.3 is 0 Å². The number of ether oxygens (including phenoxy) is 1. The number of hydrogen-bond acceptors (Lipinski definition) is 3. The van der Waals surface area contributed by atoms with Gasteiger partial charge in [-0.15, -0.1) is 0 Å². The third kappa shape index (κ3) is 3.16. The van der Waals surface area contributed by atoms with Gasteiger partial charge < -0.3 is 15.7 Å². The number of oxime groups is 1. The molecule has 6 heteroatoms. The summed E-state index contributed by atoms with van der Waals surface area (Å²) in [6, 6.07) is 10.4. The topological polar surface area (TPSA) is 67.8 Å². The van der Waals surface area contributed by atoms with Gasteiger partial charge in [0.05, 0.1) is 4.47 Å². The van der Waals surface area contributed by atoms with Crippen LogP contribution in [0.25, 0.3) is 0 Å². The smallest absolute Gasteiger partial charge is 0.180 e. The molecule has 110 valence electrons. The monoisotopic (exact) mass is 352 g/mol. The molecule has 0 aromatic heterocycles. The number of aryl methyl sites for hydroxylation is 1. The summed E-state index contributed by atoms with van der Waals surface area (Å²) in [4.78, 5) is 0. The Balaban J connectivity index is 2.40. The van der Waals surface area contributed by atoms with E-state index in [1.54, 1.807) is 6.07 Å². The van der Waals surface area contributed by atoms with Crippen molar-refractivity contribution < 1.29 is 14.3 Å². The lowest BCUT2D eigenvalue weighted by Crippen LogP contribution is -2.14. The van der Waals surface area contributed by atoms with E-state index in [9.17, 15) is 4.39 Å². The first-order valence-electron chi connectivity index (χ1n) is 6.30. The van der Waals surface area contributed by atoms with Crippen LogP contribution in [0.5, 0.6) is 11.5 Å². The van der Waals surface area contributed by atoms with Crippen LogP contribution >= 0.6 is 15.9 Å². The molecule has 0 saturated heterocycles. The van der Waals surface area contributed by atoms with Crippen LogP contribution in [0.15, 0.2) is 46.0 Å². The van der Waals surface area contributed by atoms with Gasteiger partial charge in [-0.25, -0.2) is 4.39 Å². The highest BCUT2D eigenvalue weighted by atomic mass is 79.9. The molecule has 21 heavy (non-hydrogen) atoms. The van der Waals surface area contributed by atoms with Crippen LogP contribution in [0, 0.1) is 5.82 Å². The summed E-state index contributed by atoms with van der Waals surface area (Å²) in [5.74, 6) is -0.120. The van der Waals surface area contributed by atoms with E-state index < -0.39 is 5.82 Å². The largest absolute Gasteiger partial charge is 0.454 e. The fourth-order valence-electron chi connectivity index (χ4n) is 1.88. The van der Waals surface area contributed by atoms with Crippen molar-refractivity contribution in [1.29, 1.82) is 0 Å². The molecule has 4 nitrogen and oxygen atoms in total. The summed E-state index contributed by atoms with van der Waals surface area (Å²) in [7, 11) is 0. The van der Waals surface area contributed by atoms with E-state index in [0.29, 0.717) is 5.75 Å². The van der Waals surface area contributed by atoms with Crippen molar-refractivity contribution in [1.82, 2.24) is 0 Å². The van der Waals surface area contributed by atoms with Gasteiger partial charge in [0, 0.05) is 5.56 Å². The van der Waals surface area contributed by atoms with Gasteiger partial charge in [0.2, 0.25) is 0 Å². The molecule has 0 radical (unpaired) electrons. The molecule has 0 atom stereocenters. The highest BCUT2D eigenvalue weighted by Crippen LogP contribution is 2.33. The number of benzene rings is 2. The van der Waals surface area contributed by atoms with E-state index in [4.69, 9.17) is 15.7 Å². The van der Waals surface area contributed by atoms with E-state index in [2.05, 4.69) is 21.1 Å². The van der Waals surface area contributed by atoms with Gasteiger partial charge in [-0.1, -0.05) is 30.3 Å². The second kappa shape index (κ2) is 6.58. The van der Waals surface area contributed by atoms with Gasteiger partial charge in [-0.3, -0.25) is 0 Å². The Labute approximate surface area is 130 Å². The van der Waals surface area contributed by atoms with E-state index in [1.807, 2.05) is 25.1 Å². The Bertz CT molecular complexity index is 689. The fraction of sp³-hybridized carbons (Fsp3) is 0.133. The molecule has 2 aromatic carbocycles. The SMILES string of the molecule is CCc1ccccc1Oc1ccc(/C(N)=N/O)c(Br)c1F. The number of rotatable bonds is 4. The van der Waals surface area contributed by atoms with Gasteiger partial charge in [0.1, 0.15) is 5.75 Å².